The summed E-state index contributed by atoms with van der Waals surface area (Å²) in [5, 5.41) is 8.11. The number of piperidine rings is 1. The van der Waals surface area contributed by atoms with E-state index in [0.29, 0.717) is 12.5 Å². The maximum atomic E-state index is 5.03. The third-order valence-corrected chi connectivity index (χ3v) is 6.53. The lowest BCUT2D eigenvalue weighted by Gasteiger charge is -2.32. The molecule has 3 aromatic heterocycles. The number of hydrogen-bond acceptors (Lipinski definition) is 5. The molecule has 7 heteroatoms. The molecule has 0 atom stereocenters. The average Bonchev–Trinajstić information content (AvgIpc) is 3.21. The molecule has 1 aliphatic rings. The molecule has 4 aromatic rings. The number of benzene rings is 1. The summed E-state index contributed by atoms with van der Waals surface area (Å²) in [6.07, 6.45) is 7.85. The Bertz CT molecular complexity index is 1200. The van der Waals surface area contributed by atoms with E-state index < -0.39 is 0 Å². The highest BCUT2D eigenvalue weighted by molar-refractivity contribution is 6.36. The first-order chi connectivity index (χ1) is 15.7. The van der Waals surface area contributed by atoms with Crippen molar-refractivity contribution < 1.29 is 0 Å². The third kappa shape index (κ3) is 4.39. The van der Waals surface area contributed by atoms with Gasteiger partial charge in [-0.05, 0) is 61.1 Å². The quantitative estimate of drug-likeness (QED) is 0.483. The predicted octanol–water partition coefficient (Wildman–Crippen LogP) is 2.68. The molecule has 0 saturated carbocycles. The van der Waals surface area contributed by atoms with Gasteiger partial charge in [0.15, 0.2) is 5.65 Å². The molecule has 1 N–H and O–H groups in total. The lowest BCUT2D eigenvalue weighted by Crippen LogP contribution is -2.33. The van der Waals surface area contributed by atoms with Gasteiger partial charge in [-0.3, -0.25) is 9.88 Å². The summed E-state index contributed by atoms with van der Waals surface area (Å²) in [4.78, 5) is 11.8. The molecule has 0 amide bonds. The Morgan fingerprint density at radius 1 is 1.09 bits per heavy atom. The largest absolute Gasteiger partial charge is 0.366 e. The Hall–Kier alpha value is -3.19. The zero-order valence-electron chi connectivity index (χ0n) is 18.8. The molecular weight excluding hydrogens is 395 g/mol. The zero-order chi connectivity index (χ0) is 21.9. The maximum Gasteiger partial charge on any atom is 0.151 e. The molecule has 0 aliphatic carbocycles. The van der Waals surface area contributed by atoms with Gasteiger partial charge < -0.3 is 5.32 Å². The molecule has 32 heavy (non-hydrogen) atoms. The molecule has 0 bridgehead atoms. The van der Waals surface area contributed by atoms with Crippen LogP contribution in [0.4, 0.5) is 5.82 Å². The first-order valence-electron chi connectivity index (χ1n) is 11.4. The molecule has 5 rings (SSSR count). The summed E-state index contributed by atoms with van der Waals surface area (Å²) in [5.74, 6) is 1.46. The van der Waals surface area contributed by atoms with Crippen LogP contribution in [0.1, 0.15) is 41.1 Å². The Morgan fingerprint density at radius 3 is 2.72 bits per heavy atom. The van der Waals surface area contributed by atoms with E-state index >= 15 is 0 Å². The van der Waals surface area contributed by atoms with Crippen LogP contribution in [0, 0.1) is 6.92 Å². The van der Waals surface area contributed by atoms with Crippen LogP contribution >= 0.6 is 0 Å². The standard InChI is InChI=1S/C25H29BN6/c1-18-5-2-3-7-21(18)17-31-11-8-20(9-12-31)23-13-24(28-15-19-6-4-10-27-14-19)32-25(30-23)22(26)16-29-32/h2-7,10,13-14,16,20,28H,8-9,11-12,15,17,26H2,1H3. The monoisotopic (exact) mass is 424 g/mol. The van der Waals surface area contributed by atoms with Gasteiger partial charge in [0, 0.05) is 49.4 Å². The second-order valence-electron chi connectivity index (χ2n) is 8.82. The Kier molecular flexibility index (Phi) is 5.90. The molecule has 4 heterocycles. The van der Waals surface area contributed by atoms with E-state index in [1.807, 2.05) is 23.0 Å². The molecule has 1 saturated heterocycles. The van der Waals surface area contributed by atoms with Crippen LogP contribution in [0.5, 0.6) is 0 Å². The summed E-state index contributed by atoms with van der Waals surface area (Å²) < 4.78 is 1.92. The van der Waals surface area contributed by atoms with E-state index in [9.17, 15) is 0 Å². The summed E-state index contributed by atoms with van der Waals surface area (Å²) in [6, 6.07) is 14.9. The molecule has 0 spiro atoms. The molecule has 1 aromatic carbocycles. The van der Waals surface area contributed by atoms with Crippen molar-refractivity contribution in [1.82, 2.24) is 24.5 Å². The maximum absolute atomic E-state index is 5.03. The van der Waals surface area contributed by atoms with Crippen molar-refractivity contribution in [3.05, 3.63) is 83.4 Å². The zero-order valence-corrected chi connectivity index (χ0v) is 18.8. The fraction of sp³-hybridized carbons (Fsp3) is 0.320. The summed E-state index contributed by atoms with van der Waals surface area (Å²) in [6.45, 7) is 6.14. The fourth-order valence-electron chi connectivity index (χ4n) is 4.54. The number of aryl methyl sites for hydroxylation is 1. The molecular formula is C25H29BN6. The lowest BCUT2D eigenvalue weighted by atomic mass is 9.92. The molecule has 0 radical (unpaired) electrons. The smallest absolute Gasteiger partial charge is 0.151 e. The van der Waals surface area contributed by atoms with Gasteiger partial charge in [0.25, 0.3) is 0 Å². The number of hydrogen-bond donors (Lipinski definition) is 1. The van der Waals surface area contributed by atoms with E-state index in [4.69, 9.17) is 4.98 Å². The fourth-order valence-corrected chi connectivity index (χ4v) is 4.54. The van der Waals surface area contributed by atoms with Crippen molar-refractivity contribution in [3.8, 4) is 0 Å². The van der Waals surface area contributed by atoms with Crippen LogP contribution in [0.3, 0.4) is 0 Å². The first kappa shape index (κ1) is 20.7. The van der Waals surface area contributed by atoms with Gasteiger partial charge in [0.05, 0.1) is 0 Å². The molecule has 6 nitrogen and oxygen atoms in total. The van der Waals surface area contributed by atoms with Crippen molar-refractivity contribution in [1.29, 1.82) is 0 Å². The van der Waals surface area contributed by atoms with Gasteiger partial charge >= 0.3 is 0 Å². The van der Waals surface area contributed by atoms with E-state index in [1.54, 1.807) is 6.20 Å². The van der Waals surface area contributed by atoms with Crippen molar-refractivity contribution >= 4 is 24.8 Å². The second-order valence-corrected chi connectivity index (χ2v) is 8.82. The van der Waals surface area contributed by atoms with E-state index in [1.165, 1.54) is 16.8 Å². The van der Waals surface area contributed by atoms with E-state index in [-0.39, 0.29) is 0 Å². The Balaban J connectivity index is 1.32. The van der Waals surface area contributed by atoms with Gasteiger partial charge in [-0.1, -0.05) is 30.3 Å². The third-order valence-electron chi connectivity index (χ3n) is 6.53. The van der Waals surface area contributed by atoms with Crippen LogP contribution in [-0.2, 0) is 13.1 Å². The van der Waals surface area contributed by atoms with Crippen LogP contribution in [0.15, 0.2) is 61.1 Å². The number of likely N-dealkylation sites (tertiary alicyclic amines) is 1. The number of pyridine rings is 1. The van der Waals surface area contributed by atoms with Crippen molar-refractivity contribution in [3.63, 3.8) is 0 Å². The number of nitrogens with zero attached hydrogens (tertiary/aromatic N) is 5. The number of aromatic nitrogens is 4. The predicted molar refractivity (Wildman–Crippen MR) is 131 cm³/mol. The van der Waals surface area contributed by atoms with Gasteiger partial charge in [-0.25, -0.2) is 4.98 Å². The number of anilines is 1. The normalized spacial score (nSPS) is 15.3. The van der Waals surface area contributed by atoms with Crippen LogP contribution < -0.4 is 10.8 Å². The van der Waals surface area contributed by atoms with Crippen LogP contribution in [-0.4, -0.2) is 45.4 Å². The van der Waals surface area contributed by atoms with Crippen molar-refractivity contribution in [2.24, 2.45) is 0 Å². The lowest BCUT2D eigenvalue weighted by molar-refractivity contribution is 0.203. The highest BCUT2D eigenvalue weighted by Crippen LogP contribution is 2.29. The molecule has 1 fully saturated rings. The van der Waals surface area contributed by atoms with Gasteiger partial charge in [-0.15, -0.1) is 0 Å². The topological polar surface area (TPSA) is 58.4 Å². The SMILES string of the molecule is Bc1cnn2c(NCc3cccnc3)cc(C3CCN(Cc4ccccc4C)CC3)nc12. The van der Waals surface area contributed by atoms with E-state index in [0.717, 1.165) is 55.0 Å². The van der Waals surface area contributed by atoms with Gasteiger partial charge in [0.2, 0.25) is 0 Å². The van der Waals surface area contributed by atoms with Gasteiger partial charge in [-0.2, -0.15) is 9.61 Å². The highest BCUT2D eigenvalue weighted by Gasteiger charge is 2.23. The number of fused-ring (bicyclic) bond motifs is 1. The molecule has 1 aliphatic heterocycles. The summed E-state index contributed by atoms with van der Waals surface area (Å²) in [7, 11) is 2.08. The Morgan fingerprint density at radius 2 is 1.94 bits per heavy atom. The van der Waals surface area contributed by atoms with Crippen LogP contribution in [0.25, 0.3) is 5.65 Å². The molecule has 162 valence electrons. The highest BCUT2D eigenvalue weighted by atomic mass is 15.3. The first-order valence-corrected chi connectivity index (χ1v) is 11.4. The second kappa shape index (κ2) is 9.13. The van der Waals surface area contributed by atoms with Crippen LogP contribution in [0.2, 0.25) is 0 Å². The van der Waals surface area contributed by atoms with Crippen molar-refractivity contribution in [2.45, 2.75) is 38.8 Å². The minimum absolute atomic E-state index is 0.473. The van der Waals surface area contributed by atoms with Gasteiger partial charge in [0.1, 0.15) is 13.7 Å². The minimum atomic E-state index is 0.473. The van der Waals surface area contributed by atoms with Crippen molar-refractivity contribution in [2.75, 3.05) is 18.4 Å². The van der Waals surface area contributed by atoms with E-state index in [2.05, 4.69) is 71.5 Å². The Labute approximate surface area is 190 Å². The summed E-state index contributed by atoms with van der Waals surface area (Å²) >= 11 is 0. The minimum Gasteiger partial charge on any atom is -0.366 e. The average molecular weight is 424 g/mol. The summed E-state index contributed by atoms with van der Waals surface area (Å²) in [5.41, 5.74) is 7.18. The number of nitrogens with one attached hydrogen (secondary N) is 1. The molecule has 0 unspecified atom stereocenters. The number of rotatable bonds is 6.